The lowest BCUT2D eigenvalue weighted by atomic mass is 9.97. The number of benzene rings is 2. The van der Waals surface area contributed by atoms with Gasteiger partial charge in [0.05, 0.1) is 10.6 Å². The normalized spacial score (nSPS) is 19.4. The molecule has 1 saturated heterocycles. The summed E-state index contributed by atoms with van der Waals surface area (Å²) in [7, 11) is -3.77. The van der Waals surface area contributed by atoms with Crippen LogP contribution < -0.4 is 15.4 Å². The van der Waals surface area contributed by atoms with E-state index in [0.29, 0.717) is 29.8 Å². The number of piperidine rings is 1. The van der Waals surface area contributed by atoms with E-state index in [0.717, 1.165) is 16.8 Å². The number of sulfonamides is 1. The van der Waals surface area contributed by atoms with Gasteiger partial charge < -0.3 is 15.4 Å². The highest BCUT2D eigenvalue weighted by Crippen LogP contribution is 2.36. The molecule has 0 aromatic heterocycles. The summed E-state index contributed by atoms with van der Waals surface area (Å²) in [5, 5.41) is 5.74. The smallest absolute Gasteiger partial charge is 0.265 e. The number of hydrogen-bond acceptors (Lipinski definition) is 5. The molecule has 2 heterocycles. The van der Waals surface area contributed by atoms with Crippen LogP contribution in [0.2, 0.25) is 0 Å². The summed E-state index contributed by atoms with van der Waals surface area (Å²) in [6.07, 6.45) is 0.203. The molecule has 0 saturated carbocycles. The molecule has 0 radical (unpaired) electrons. The Bertz CT molecular complexity index is 1220. The predicted octanol–water partition coefficient (Wildman–Crippen LogP) is 3.37. The first kappa shape index (κ1) is 23.3. The average molecular weight is 472 g/mol. The van der Waals surface area contributed by atoms with E-state index in [1.807, 2.05) is 32.0 Å². The number of amides is 2. The fourth-order valence-electron chi connectivity index (χ4n) is 4.22. The van der Waals surface area contributed by atoms with Crippen molar-refractivity contribution in [2.75, 3.05) is 23.7 Å². The van der Waals surface area contributed by atoms with Crippen LogP contribution in [0.4, 0.5) is 11.4 Å². The van der Waals surface area contributed by atoms with Crippen molar-refractivity contribution < 1.29 is 22.7 Å². The van der Waals surface area contributed by atoms with Gasteiger partial charge in [-0.05, 0) is 69.4 Å². The Balaban J connectivity index is 1.46. The van der Waals surface area contributed by atoms with E-state index in [1.54, 1.807) is 19.9 Å². The van der Waals surface area contributed by atoms with Crippen LogP contribution in [0, 0.1) is 26.7 Å². The van der Waals surface area contributed by atoms with Crippen molar-refractivity contribution >= 4 is 33.2 Å². The third kappa shape index (κ3) is 4.60. The van der Waals surface area contributed by atoms with Gasteiger partial charge in [0, 0.05) is 30.8 Å². The van der Waals surface area contributed by atoms with Crippen molar-refractivity contribution in [3.63, 3.8) is 0 Å². The minimum Gasteiger partial charge on any atom is -0.479 e. The summed E-state index contributed by atoms with van der Waals surface area (Å²) in [6.45, 7) is 7.75. The molecule has 8 nitrogen and oxygen atoms in total. The van der Waals surface area contributed by atoms with E-state index >= 15 is 0 Å². The SMILES string of the molecule is Cc1ccc(C)c(NC(=O)C2CCN(S(=O)(=O)c3cc4c(cc3C)NC(=O)C(C)O4)CC2)c1. The number of ether oxygens (including phenoxy) is 1. The minimum atomic E-state index is -3.77. The van der Waals surface area contributed by atoms with E-state index in [1.165, 1.54) is 10.4 Å². The number of fused-ring (bicyclic) bond motifs is 1. The zero-order valence-electron chi connectivity index (χ0n) is 19.3. The number of aryl methyl sites for hydroxylation is 3. The van der Waals surface area contributed by atoms with Crippen molar-refractivity contribution in [1.82, 2.24) is 4.31 Å². The van der Waals surface area contributed by atoms with Gasteiger partial charge in [0.1, 0.15) is 5.75 Å². The molecule has 1 atom stereocenters. The zero-order chi connectivity index (χ0) is 23.9. The van der Waals surface area contributed by atoms with Gasteiger partial charge in [0.25, 0.3) is 5.91 Å². The Kier molecular flexibility index (Phi) is 6.20. The molecule has 2 N–H and O–H groups in total. The largest absolute Gasteiger partial charge is 0.479 e. The molecule has 1 fully saturated rings. The number of anilines is 2. The van der Waals surface area contributed by atoms with Crippen LogP contribution in [-0.4, -0.2) is 43.7 Å². The van der Waals surface area contributed by atoms with Crippen LogP contribution >= 0.6 is 0 Å². The zero-order valence-corrected chi connectivity index (χ0v) is 20.1. The van der Waals surface area contributed by atoms with E-state index in [-0.39, 0.29) is 35.7 Å². The molecule has 2 aromatic carbocycles. The predicted molar refractivity (Wildman–Crippen MR) is 126 cm³/mol. The lowest BCUT2D eigenvalue weighted by Crippen LogP contribution is -2.41. The van der Waals surface area contributed by atoms with Gasteiger partial charge in [0.15, 0.2) is 6.10 Å². The number of nitrogens with one attached hydrogen (secondary N) is 2. The van der Waals surface area contributed by atoms with E-state index in [2.05, 4.69) is 10.6 Å². The second-order valence-electron chi connectivity index (χ2n) is 8.85. The number of hydrogen-bond donors (Lipinski definition) is 2. The standard InChI is InChI=1S/C24H29N3O5S/c1-14-5-6-15(2)19(11-14)25-24(29)18-7-9-27(10-8-18)33(30,31)22-13-21-20(12-16(22)3)26-23(28)17(4)32-21/h5-6,11-13,17-18H,7-10H2,1-4H3,(H,25,29)(H,26,28). The second-order valence-corrected chi connectivity index (χ2v) is 10.8. The van der Waals surface area contributed by atoms with Crippen molar-refractivity contribution in [2.24, 2.45) is 5.92 Å². The maximum absolute atomic E-state index is 13.4. The van der Waals surface area contributed by atoms with E-state index in [9.17, 15) is 18.0 Å². The first-order chi connectivity index (χ1) is 15.6. The van der Waals surface area contributed by atoms with Crippen molar-refractivity contribution in [1.29, 1.82) is 0 Å². The highest BCUT2D eigenvalue weighted by Gasteiger charge is 2.34. The monoisotopic (exact) mass is 471 g/mol. The van der Waals surface area contributed by atoms with Gasteiger partial charge >= 0.3 is 0 Å². The van der Waals surface area contributed by atoms with Crippen molar-refractivity contribution in [2.45, 2.75) is 51.5 Å². The molecule has 176 valence electrons. The van der Waals surface area contributed by atoms with Crippen LogP contribution in [0.3, 0.4) is 0 Å². The van der Waals surface area contributed by atoms with Crippen LogP contribution in [0.25, 0.3) is 0 Å². The van der Waals surface area contributed by atoms with Crippen molar-refractivity contribution in [3.05, 3.63) is 47.0 Å². The summed E-state index contributed by atoms with van der Waals surface area (Å²) < 4.78 is 33.8. The highest BCUT2D eigenvalue weighted by molar-refractivity contribution is 7.89. The Morgan fingerprint density at radius 2 is 1.79 bits per heavy atom. The fourth-order valence-corrected chi connectivity index (χ4v) is 5.92. The summed E-state index contributed by atoms with van der Waals surface area (Å²) >= 11 is 0. The summed E-state index contributed by atoms with van der Waals surface area (Å²) in [4.78, 5) is 24.8. The Morgan fingerprint density at radius 1 is 1.09 bits per heavy atom. The number of rotatable bonds is 4. The molecule has 2 aliphatic rings. The molecule has 0 bridgehead atoms. The van der Waals surface area contributed by atoms with Crippen LogP contribution in [-0.2, 0) is 19.6 Å². The lowest BCUT2D eigenvalue weighted by molar-refractivity contribution is -0.123. The molecule has 0 spiro atoms. The maximum Gasteiger partial charge on any atom is 0.265 e. The summed E-state index contributed by atoms with van der Waals surface area (Å²) in [5.74, 6) is -0.253. The Labute approximate surface area is 194 Å². The third-order valence-electron chi connectivity index (χ3n) is 6.30. The lowest BCUT2D eigenvalue weighted by Gasteiger charge is -2.31. The number of nitrogens with zero attached hydrogens (tertiary/aromatic N) is 1. The fraction of sp³-hybridized carbons (Fsp3) is 0.417. The first-order valence-corrected chi connectivity index (χ1v) is 12.5. The van der Waals surface area contributed by atoms with E-state index < -0.39 is 16.1 Å². The molecular formula is C24H29N3O5S. The van der Waals surface area contributed by atoms with Gasteiger partial charge in [-0.15, -0.1) is 0 Å². The minimum absolute atomic E-state index is 0.0798. The maximum atomic E-state index is 13.4. The Hall–Kier alpha value is -2.91. The number of carbonyl (C=O) groups excluding carboxylic acids is 2. The third-order valence-corrected chi connectivity index (χ3v) is 8.34. The summed E-state index contributed by atoms with van der Waals surface area (Å²) in [6, 6.07) is 9.01. The van der Waals surface area contributed by atoms with Gasteiger partial charge in [0.2, 0.25) is 15.9 Å². The quantitative estimate of drug-likeness (QED) is 0.711. The van der Waals surface area contributed by atoms with E-state index in [4.69, 9.17) is 4.74 Å². The second kappa shape index (κ2) is 8.79. The highest BCUT2D eigenvalue weighted by atomic mass is 32.2. The molecule has 2 aromatic rings. The first-order valence-electron chi connectivity index (χ1n) is 11.1. The van der Waals surface area contributed by atoms with Gasteiger partial charge in [-0.2, -0.15) is 4.31 Å². The molecule has 2 amide bonds. The van der Waals surface area contributed by atoms with Crippen LogP contribution in [0.5, 0.6) is 5.75 Å². The molecular weight excluding hydrogens is 442 g/mol. The van der Waals surface area contributed by atoms with Crippen LogP contribution in [0.1, 0.15) is 36.5 Å². The number of carbonyl (C=O) groups is 2. The van der Waals surface area contributed by atoms with Gasteiger partial charge in [-0.25, -0.2) is 8.42 Å². The molecule has 9 heteroatoms. The molecule has 0 aliphatic carbocycles. The Morgan fingerprint density at radius 3 is 2.48 bits per heavy atom. The average Bonchev–Trinajstić information content (AvgIpc) is 2.77. The molecule has 1 unspecified atom stereocenters. The van der Waals surface area contributed by atoms with Crippen molar-refractivity contribution in [3.8, 4) is 5.75 Å². The van der Waals surface area contributed by atoms with Gasteiger partial charge in [-0.3, -0.25) is 9.59 Å². The van der Waals surface area contributed by atoms with Crippen LogP contribution in [0.15, 0.2) is 35.2 Å². The summed E-state index contributed by atoms with van der Waals surface area (Å²) in [5.41, 5.74) is 3.85. The molecule has 33 heavy (non-hydrogen) atoms. The molecule has 4 rings (SSSR count). The molecule has 2 aliphatic heterocycles. The topological polar surface area (TPSA) is 105 Å². The van der Waals surface area contributed by atoms with Gasteiger partial charge in [-0.1, -0.05) is 12.1 Å².